The minimum absolute atomic E-state index is 0.0335. The maximum Gasteiger partial charge on any atom is 0.261 e. The number of hydrogen-bond acceptors (Lipinski definition) is 5. The van der Waals surface area contributed by atoms with Gasteiger partial charge in [0.25, 0.3) is 11.5 Å². The Morgan fingerprint density at radius 2 is 2.17 bits per heavy atom. The molecule has 0 fully saturated rings. The predicted octanol–water partition coefficient (Wildman–Crippen LogP) is 2.28. The molecule has 0 saturated carbocycles. The Hall–Kier alpha value is -2.96. The maximum absolute atomic E-state index is 12.5. The number of aryl methyl sites for hydroxylation is 2. The van der Waals surface area contributed by atoms with Gasteiger partial charge in [0.1, 0.15) is 11.6 Å². The van der Waals surface area contributed by atoms with Crippen molar-refractivity contribution in [3.63, 3.8) is 0 Å². The molecule has 122 valence electrons. The average molecular weight is 324 g/mol. The summed E-state index contributed by atoms with van der Waals surface area (Å²) >= 11 is 0. The third kappa shape index (κ3) is 2.47. The number of anilines is 1. The first-order chi connectivity index (χ1) is 11.6. The molecular formula is C17H16N4O3. The first kappa shape index (κ1) is 14.6. The molecule has 1 amide bonds. The van der Waals surface area contributed by atoms with E-state index in [4.69, 9.17) is 4.52 Å². The zero-order valence-electron chi connectivity index (χ0n) is 13.2. The average Bonchev–Trinajstić information content (AvgIpc) is 2.99. The number of carbonyl (C=O) groups is 1. The van der Waals surface area contributed by atoms with E-state index < -0.39 is 0 Å². The first-order valence-corrected chi connectivity index (χ1v) is 7.90. The quantitative estimate of drug-likeness (QED) is 0.781. The number of carbonyl (C=O) groups excluding carboxylic acids is 1. The van der Waals surface area contributed by atoms with Gasteiger partial charge < -0.3 is 9.84 Å². The number of rotatable bonds is 2. The molecule has 4 rings (SSSR count). The van der Waals surface area contributed by atoms with Crippen molar-refractivity contribution in [3.05, 3.63) is 51.8 Å². The van der Waals surface area contributed by atoms with Gasteiger partial charge in [0.05, 0.1) is 10.9 Å². The lowest BCUT2D eigenvalue weighted by molar-refractivity contribution is 0.102. The topological polar surface area (TPSA) is 90.0 Å². The van der Waals surface area contributed by atoms with Crippen LogP contribution in [0.1, 0.15) is 34.8 Å². The number of amides is 1. The van der Waals surface area contributed by atoms with E-state index in [9.17, 15) is 9.59 Å². The highest BCUT2D eigenvalue weighted by molar-refractivity contribution is 6.05. The van der Waals surface area contributed by atoms with Gasteiger partial charge >= 0.3 is 0 Å². The summed E-state index contributed by atoms with van der Waals surface area (Å²) in [6, 6.07) is 6.58. The molecule has 1 aromatic carbocycles. The van der Waals surface area contributed by atoms with Crippen LogP contribution in [0.4, 0.5) is 5.82 Å². The minimum Gasteiger partial charge on any atom is -0.360 e. The van der Waals surface area contributed by atoms with Crippen LogP contribution >= 0.6 is 0 Å². The molecule has 1 aliphatic rings. The van der Waals surface area contributed by atoms with Crippen LogP contribution in [-0.4, -0.2) is 20.6 Å². The molecule has 0 radical (unpaired) electrons. The summed E-state index contributed by atoms with van der Waals surface area (Å²) < 4.78 is 6.67. The second-order valence-electron chi connectivity index (χ2n) is 5.95. The van der Waals surface area contributed by atoms with Gasteiger partial charge in [-0.05, 0) is 38.0 Å². The highest BCUT2D eigenvalue weighted by atomic mass is 16.5. The molecule has 0 spiro atoms. The van der Waals surface area contributed by atoms with Crippen molar-refractivity contribution in [3.8, 4) is 0 Å². The van der Waals surface area contributed by atoms with Gasteiger partial charge in [-0.25, -0.2) is 4.98 Å². The number of nitrogens with zero attached hydrogens (tertiary/aromatic N) is 3. The maximum atomic E-state index is 12.5. The van der Waals surface area contributed by atoms with Crippen molar-refractivity contribution in [2.24, 2.45) is 0 Å². The Bertz CT molecular complexity index is 1000. The number of aromatic nitrogens is 3. The summed E-state index contributed by atoms with van der Waals surface area (Å²) in [4.78, 5) is 29.5. The van der Waals surface area contributed by atoms with Gasteiger partial charge in [0.2, 0.25) is 0 Å². The highest BCUT2D eigenvalue weighted by Gasteiger charge is 2.16. The monoisotopic (exact) mass is 324 g/mol. The number of nitrogens with one attached hydrogen (secondary N) is 1. The standard InChI is InChI=1S/C17H16N4O3/c1-10-8-14(20-24-10)19-16(22)11-5-6-12-13(9-11)18-15-4-2-3-7-21(15)17(12)23/h5-6,8-9H,2-4,7H2,1H3,(H,19,20,22). The lowest BCUT2D eigenvalue weighted by Crippen LogP contribution is -2.28. The molecule has 1 aliphatic heterocycles. The summed E-state index contributed by atoms with van der Waals surface area (Å²) in [7, 11) is 0. The summed E-state index contributed by atoms with van der Waals surface area (Å²) in [6.07, 6.45) is 2.82. The third-order valence-corrected chi connectivity index (χ3v) is 4.20. The minimum atomic E-state index is -0.315. The molecule has 0 saturated heterocycles. The number of fused-ring (bicyclic) bond motifs is 2. The van der Waals surface area contributed by atoms with Crippen molar-refractivity contribution >= 4 is 22.6 Å². The highest BCUT2D eigenvalue weighted by Crippen LogP contribution is 2.17. The van der Waals surface area contributed by atoms with Crippen LogP contribution in [0.15, 0.2) is 33.6 Å². The van der Waals surface area contributed by atoms with Gasteiger partial charge in [-0.2, -0.15) is 0 Å². The Balaban J connectivity index is 1.72. The summed E-state index contributed by atoms with van der Waals surface area (Å²) in [5.74, 6) is 1.45. The molecule has 3 aromatic rings. The van der Waals surface area contributed by atoms with Gasteiger partial charge in [0, 0.05) is 24.6 Å². The Labute approximate surface area is 137 Å². The van der Waals surface area contributed by atoms with Crippen LogP contribution in [0.25, 0.3) is 10.9 Å². The molecule has 3 heterocycles. The van der Waals surface area contributed by atoms with E-state index in [1.165, 1.54) is 0 Å². The van der Waals surface area contributed by atoms with E-state index in [-0.39, 0.29) is 11.5 Å². The van der Waals surface area contributed by atoms with Crippen LogP contribution < -0.4 is 10.9 Å². The van der Waals surface area contributed by atoms with Gasteiger partial charge in [-0.3, -0.25) is 14.2 Å². The second-order valence-corrected chi connectivity index (χ2v) is 5.95. The smallest absolute Gasteiger partial charge is 0.261 e. The molecule has 7 nitrogen and oxygen atoms in total. The fourth-order valence-corrected chi connectivity index (χ4v) is 3.00. The van der Waals surface area contributed by atoms with E-state index in [1.54, 1.807) is 35.8 Å². The SMILES string of the molecule is Cc1cc(NC(=O)c2ccc3c(=O)n4c(nc3c2)CCCC4)no1. The fourth-order valence-electron chi connectivity index (χ4n) is 3.00. The molecule has 24 heavy (non-hydrogen) atoms. The van der Waals surface area contributed by atoms with E-state index in [0.29, 0.717) is 34.6 Å². The second kappa shape index (κ2) is 5.59. The first-order valence-electron chi connectivity index (χ1n) is 7.90. The van der Waals surface area contributed by atoms with Gasteiger partial charge in [-0.15, -0.1) is 0 Å². The molecule has 1 N–H and O–H groups in total. The Morgan fingerprint density at radius 3 is 2.96 bits per heavy atom. The lowest BCUT2D eigenvalue weighted by atomic mass is 10.1. The van der Waals surface area contributed by atoms with Crippen molar-refractivity contribution in [1.29, 1.82) is 0 Å². The molecule has 0 bridgehead atoms. The van der Waals surface area contributed by atoms with Crippen molar-refractivity contribution in [2.45, 2.75) is 32.7 Å². The summed E-state index contributed by atoms with van der Waals surface area (Å²) in [5, 5.41) is 6.94. The molecule has 2 aromatic heterocycles. The van der Waals surface area contributed by atoms with E-state index in [1.807, 2.05) is 0 Å². The van der Waals surface area contributed by atoms with Crippen LogP contribution in [0.3, 0.4) is 0 Å². The number of benzene rings is 1. The van der Waals surface area contributed by atoms with Crippen LogP contribution in [0.5, 0.6) is 0 Å². The molecular weight excluding hydrogens is 308 g/mol. The van der Waals surface area contributed by atoms with Crippen molar-refractivity contribution in [2.75, 3.05) is 5.32 Å². The predicted molar refractivity (Wildman–Crippen MR) is 88.1 cm³/mol. The summed E-state index contributed by atoms with van der Waals surface area (Å²) in [6.45, 7) is 2.46. The van der Waals surface area contributed by atoms with Gasteiger partial charge in [0.15, 0.2) is 5.82 Å². The molecule has 0 unspecified atom stereocenters. The van der Waals surface area contributed by atoms with Gasteiger partial charge in [-0.1, -0.05) is 5.16 Å². The molecule has 0 atom stereocenters. The third-order valence-electron chi connectivity index (χ3n) is 4.20. The normalized spacial score (nSPS) is 13.7. The Kier molecular flexibility index (Phi) is 3.41. The van der Waals surface area contributed by atoms with Crippen LogP contribution in [-0.2, 0) is 13.0 Å². The summed E-state index contributed by atoms with van der Waals surface area (Å²) in [5.41, 5.74) is 0.946. The Morgan fingerprint density at radius 1 is 1.29 bits per heavy atom. The van der Waals surface area contributed by atoms with Crippen LogP contribution in [0, 0.1) is 6.92 Å². The van der Waals surface area contributed by atoms with E-state index in [0.717, 1.165) is 25.1 Å². The molecule has 0 aliphatic carbocycles. The number of hydrogen-bond donors (Lipinski definition) is 1. The van der Waals surface area contributed by atoms with Crippen molar-refractivity contribution < 1.29 is 9.32 Å². The fraction of sp³-hybridized carbons (Fsp3) is 0.294. The van der Waals surface area contributed by atoms with E-state index >= 15 is 0 Å². The molecule has 7 heteroatoms. The van der Waals surface area contributed by atoms with Crippen LogP contribution in [0.2, 0.25) is 0 Å². The zero-order valence-corrected chi connectivity index (χ0v) is 13.2. The van der Waals surface area contributed by atoms with E-state index in [2.05, 4.69) is 15.5 Å². The largest absolute Gasteiger partial charge is 0.360 e. The van der Waals surface area contributed by atoms with Crippen molar-refractivity contribution in [1.82, 2.24) is 14.7 Å². The lowest BCUT2D eigenvalue weighted by Gasteiger charge is -2.17. The zero-order chi connectivity index (χ0) is 16.7.